The van der Waals surface area contributed by atoms with Crippen molar-refractivity contribution in [2.45, 2.75) is 31.5 Å². The number of ether oxygens (including phenoxy) is 1. The first-order valence-electron chi connectivity index (χ1n) is 7.79. The lowest BCUT2D eigenvalue weighted by molar-refractivity contribution is -0.141. The molecular weight excluding hydrogens is 321 g/mol. The van der Waals surface area contributed by atoms with Gasteiger partial charge in [0.25, 0.3) is 0 Å². The number of nitrogens with one attached hydrogen (secondary N) is 1. The molecule has 0 aliphatic carbocycles. The molecule has 3 rings (SSSR count). The van der Waals surface area contributed by atoms with Gasteiger partial charge in [0, 0.05) is 30.8 Å². The summed E-state index contributed by atoms with van der Waals surface area (Å²) in [4.78, 5) is 12.7. The second-order valence-electron chi connectivity index (χ2n) is 5.93. The molecule has 1 atom stereocenters. The van der Waals surface area contributed by atoms with Crippen LogP contribution in [0.15, 0.2) is 24.5 Å². The zero-order chi connectivity index (χ0) is 17.2. The summed E-state index contributed by atoms with van der Waals surface area (Å²) in [6.07, 6.45) is -0.106. The molecule has 1 unspecified atom stereocenters. The van der Waals surface area contributed by atoms with Gasteiger partial charge in [-0.2, -0.15) is 13.2 Å². The molecule has 3 heterocycles. The van der Waals surface area contributed by atoms with E-state index in [0.717, 1.165) is 31.1 Å². The Morgan fingerprint density at radius 2 is 2.21 bits per heavy atom. The maximum absolute atomic E-state index is 12.7. The molecule has 0 radical (unpaired) electrons. The number of hydrogen-bond donors (Lipinski definition) is 1. The standard InChI is InChI=1S/C16H19F3N4O/c1-24-15-12(4-2-6-20-15)10-23-7-3-5-11(9-23)14-21-8-13(22-14)16(17,18)19/h2,4,6,8,11H,3,5,7,9-10H2,1H3,(H,21,22). The molecule has 1 aliphatic rings. The second kappa shape index (κ2) is 6.80. The number of methoxy groups -OCH3 is 1. The zero-order valence-electron chi connectivity index (χ0n) is 13.3. The van der Waals surface area contributed by atoms with E-state index in [9.17, 15) is 13.2 Å². The van der Waals surface area contributed by atoms with Gasteiger partial charge in [0.1, 0.15) is 11.5 Å². The van der Waals surface area contributed by atoms with Gasteiger partial charge in [-0.3, -0.25) is 4.90 Å². The molecule has 2 aromatic rings. The number of aromatic nitrogens is 3. The van der Waals surface area contributed by atoms with Crippen LogP contribution in [0.2, 0.25) is 0 Å². The number of halogens is 3. The molecule has 0 amide bonds. The first-order valence-corrected chi connectivity index (χ1v) is 7.79. The fourth-order valence-electron chi connectivity index (χ4n) is 3.08. The van der Waals surface area contributed by atoms with E-state index < -0.39 is 11.9 Å². The van der Waals surface area contributed by atoms with Crippen LogP contribution in [0, 0.1) is 0 Å². The largest absolute Gasteiger partial charge is 0.481 e. The van der Waals surface area contributed by atoms with Crippen molar-refractivity contribution in [3.05, 3.63) is 41.6 Å². The Morgan fingerprint density at radius 1 is 1.38 bits per heavy atom. The monoisotopic (exact) mass is 340 g/mol. The number of H-pyrrole nitrogens is 1. The van der Waals surface area contributed by atoms with Crippen molar-refractivity contribution in [2.24, 2.45) is 0 Å². The summed E-state index contributed by atoms with van der Waals surface area (Å²) in [5.41, 5.74) is 0.180. The molecule has 0 spiro atoms. The van der Waals surface area contributed by atoms with Crippen LogP contribution in [-0.2, 0) is 12.7 Å². The lowest BCUT2D eigenvalue weighted by Gasteiger charge is -2.32. The summed E-state index contributed by atoms with van der Waals surface area (Å²) in [7, 11) is 1.58. The predicted octanol–water partition coefficient (Wildman–Crippen LogP) is 3.21. The first-order chi connectivity index (χ1) is 11.5. The smallest absolute Gasteiger partial charge is 0.432 e. The maximum atomic E-state index is 12.7. The van der Waals surface area contributed by atoms with Crippen molar-refractivity contribution in [1.82, 2.24) is 19.9 Å². The van der Waals surface area contributed by atoms with Crippen molar-refractivity contribution in [1.29, 1.82) is 0 Å². The minimum atomic E-state index is -4.39. The molecule has 1 aliphatic heterocycles. The highest BCUT2D eigenvalue weighted by Gasteiger charge is 2.34. The molecule has 130 valence electrons. The van der Waals surface area contributed by atoms with Crippen LogP contribution < -0.4 is 4.74 Å². The van der Waals surface area contributed by atoms with Crippen LogP contribution >= 0.6 is 0 Å². The van der Waals surface area contributed by atoms with Gasteiger partial charge in [0.05, 0.1) is 13.3 Å². The van der Waals surface area contributed by atoms with Crippen LogP contribution in [0.4, 0.5) is 13.2 Å². The molecule has 1 N–H and O–H groups in total. The molecule has 1 saturated heterocycles. The van der Waals surface area contributed by atoms with E-state index in [1.54, 1.807) is 13.3 Å². The van der Waals surface area contributed by atoms with Crippen LogP contribution in [0.25, 0.3) is 0 Å². The van der Waals surface area contributed by atoms with E-state index in [1.165, 1.54) is 0 Å². The van der Waals surface area contributed by atoms with E-state index in [-0.39, 0.29) is 5.92 Å². The van der Waals surface area contributed by atoms with Gasteiger partial charge in [0.15, 0.2) is 0 Å². The van der Waals surface area contributed by atoms with Gasteiger partial charge in [-0.25, -0.2) is 9.97 Å². The molecule has 5 nitrogen and oxygen atoms in total. The van der Waals surface area contributed by atoms with Gasteiger partial charge in [-0.1, -0.05) is 6.07 Å². The number of rotatable bonds is 4. The number of imidazole rings is 1. The number of hydrogen-bond acceptors (Lipinski definition) is 4. The molecule has 0 bridgehead atoms. The van der Waals surface area contributed by atoms with Crippen LogP contribution in [0.5, 0.6) is 5.88 Å². The highest BCUT2D eigenvalue weighted by molar-refractivity contribution is 5.25. The van der Waals surface area contributed by atoms with Crippen molar-refractivity contribution in [3.8, 4) is 5.88 Å². The Bertz CT molecular complexity index is 686. The predicted molar refractivity (Wildman–Crippen MR) is 81.6 cm³/mol. The summed E-state index contributed by atoms with van der Waals surface area (Å²) >= 11 is 0. The number of alkyl halides is 3. The summed E-state index contributed by atoms with van der Waals surface area (Å²) < 4.78 is 43.4. The third kappa shape index (κ3) is 3.69. The normalized spacial score (nSPS) is 19.4. The Hall–Kier alpha value is -2.09. The van der Waals surface area contributed by atoms with Crippen LogP contribution in [0.3, 0.4) is 0 Å². The lowest BCUT2D eigenvalue weighted by Crippen LogP contribution is -2.34. The molecule has 24 heavy (non-hydrogen) atoms. The number of piperidine rings is 1. The molecular formula is C16H19F3N4O. The molecule has 8 heteroatoms. The SMILES string of the molecule is COc1ncccc1CN1CCCC(c2ncc(C(F)(F)F)[nH]2)C1. The van der Waals surface area contributed by atoms with E-state index in [4.69, 9.17) is 4.74 Å². The Morgan fingerprint density at radius 3 is 2.92 bits per heavy atom. The molecule has 0 saturated carbocycles. The third-order valence-corrected chi connectivity index (χ3v) is 4.23. The summed E-state index contributed by atoms with van der Waals surface area (Å²) in [5.74, 6) is 0.958. The highest BCUT2D eigenvalue weighted by atomic mass is 19.4. The van der Waals surface area contributed by atoms with Gasteiger partial charge in [-0.15, -0.1) is 0 Å². The van der Waals surface area contributed by atoms with Gasteiger partial charge >= 0.3 is 6.18 Å². The average Bonchev–Trinajstić information content (AvgIpc) is 3.06. The highest BCUT2D eigenvalue weighted by Crippen LogP contribution is 2.31. The van der Waals surface area contributed by atoms with Gasteiger partial charge in [-0.05, 0) is 25.5 Å². The molecule has 0 aromatic carbocycles. The van der Waals surface area contributed by atoms with E-state index >= 15 is 0 Å². The Kier molecular flexibility index (Phi) is 4.75. The fourth-order valence-corrected chi connectivity index (χ4v) is 3.08. The van der Waals surface area contributed by atoms with E-state index in [1.807, 2.05) is 12.1 Å². The van der Waals surface area contributed by atoms with Crippen molar-refractivity contribution >= 4 is 0 Å². The maximum Gasteiger partial charge on any atom is 0.432 e. The Balaban J connectivity index is 1.69. The van der Waals surface area contributed by atoms with Crippen molar-refractivity contribution in [2.75, 3.05) is 20.2 Å². The number of aromatic amines is 1. The van der Waals surface area contributed by atoms with Crippen molar-refractivity contribution in [3.63, 3.8) is 0 Å². The van der Waals surface area contributed by atoms with Crippen LogP contribution in [-0.4, -0.2) is 40.1 Å². The summed E-state index contributed by atoms with van der Waals surface area (Å²) in [6.45, 7) is 2.20. The first kappa shape index (κ1) is 16.8. The zero-order valence-corrected chi connectivity index (χ0v) is 13.3. The number of likely N-dealkylation sites (tertiary alicyclic amines) is 1. The van der Waals surface area contributed by atoms with Gasteiger partial charge < -0.3 is 9.72 Å². The van der Waals surface area contributed by atoms with E-state index in [2.05, 4.69) is 19.9 Å². The van der Waals surface area contributed by atoms with E-state index in [0.29, 0.717) is 24.8 Å². The van der Waals surface area contributed by atoms with Crippen molar-refractivity contribution < 1.29 is 17.9 Å². The fraction of sp³-hybridized carbons (Fsp3) is 0.500. The third-order valence-electron chi connectivity index (χ3n) is 4.23. The number of nitrogens with zero attached hydrogens (tertiary/aromatic N) is 3. The summed E-state index contributed by atoms with van der Waals surface area (Å²) in [5, 5.41) is 0. The topological polar surface area (TPSA) is 54.0 Å². The quantitative estimate of drug-likeness (QED) is 0.929. The minimum Gasteiger partial charge on any atom is -0.481 e. The Labute approximate surface area is 137 Å². The lowest BCUT2D eigenvalue weighted by atomic mass is 9.97. The summed E-state index contributed by atoms with van der Waals surface area (Å²) in [6, 6.07) is 3.80. The number of pyridine rings is 1. The molecule has 1 fully saturated rings. The minimum absolute atomic E-state index is 0.0301. The average molecular weight is 340 g/mol. The van der Waals surface area contributed by atoms with Gasteiger partial charge in [0.2, 0.25) is 5.88 Å². The molecule has 2 aromatic heterocycles. The van der Waals surface area contributed by atoms with Crippen LogP contribution in [0.1, 0.15) is 35.8 Å². The second-order valence-corrected chi connectivity index (χ2v) is 5.93.